The number of nitrogens with zero attached hydrogens (tertiary/aromatic N) is 3. The normalized spacial score (nSPS) is 20.9. The second-order valence-electron chi connectivity index (χ2n) is 5.56. The van der Waals surface area contributed by atoms with Gasteiger partial charge in [0, 0.05) is 45.2 Å². The molecule has 0 atom stereocenters. The molecule has 0 radical (unpaired) electrons. The summed E-state index contributed by atoms with van der Waals surface area (Å²) in [5, 5.41) is 3.40. The molecule has 1 aromatic heterocycles. The molecule has 4 heteroatoms. The number of hydrogen-bond acceptors (Lipinski definition) is 3. The minimum atomic E-state index is 0.951. The molecule has 18 heavy (non-hydrogen) atoms. The number of fused-ring (bicyclic) bond motifs is 1. The van der Waals surface area contributed by atoms with Crippen LogP contribution < -0.4 is 5.32 Å². The maximum absolute atomic E-state index is 4.81. The monoisotopic (exact) mass is 248 g/mol. The molecule has 3 heterocycles. The fourth-order valence-corrected chi connectivity index (χ4v) is 3.18. The van der Waals surface area contributed by atoms with E-state index < -0.39 is 0 Å². The van der Waals surface area contributed by atoms with Gasteiger partial charge in [0.2, 0.25) is 0 Å². The summed E-state index contributed by atoms with van der Waals surface area (Å²) in [7, 11) is 2.18. The molecule has 0 spiro atoms. The number of nitrogens with one attached hydrogen (secondary N) is 1. The molecule has 1 fully saturated rings. The summed E-state index contributed by atoms with van der Waals surface area (Å²) < 4.78 is 2.33. The fraction of sp³-hybridized carbons (Fsp3) is 0.786. The first-order chi connectivity index (χ1) is 8.84. The summed E-state index contributed by atoms with van der Waals surface area (Å²) in [5.41, 5.74) is 2.72. The zero-order chi connectivity index (χ0) is 12.4. The van der Waals surface area contributed by atoms with Crippen LogP contribution in [0.15, 0.2) is 0 Å². The van der Waals surface area contributed by atoms with Crippen molar-refractivity contribution in [1.82, 2.24) is 19.8 Å². The summed E-state index contributed by atoms with van der Waals surface area (Å²) in [6.07, 6.45) is 6.40. The Labute approximate surface area is 109 Å². The zero-order valence-corrected chi connectivity index (χ0v) is 11.4. The van der Waals surface area contributed by atoms with E-state index in [1.165, 1.54) is 56.1 Å². The topological polar surface area (TPSA) is 33.1 Å². The molecular formula is C14H24N4. The number of aromatic nitrogens is 2. The standard InChI is InChI=1S/C14H24N4/c1-17-13-5-7-15-11-12(13)16-14(17)6-10-18-8-3-2-4-9-18/h15H,2-11H2,1H3. The van der Waals surface area contributed by atoms with Gasteiger partial charge < -0.3 is 14.8 Å². The summed E-state index contributed by atoms with van der Waals surface area (Å²) in [5.74, 6) is 1.27. The highest BCUT2D eigenvalue weighted by Crippen LogP contribution is 2.16. The number of hydrogen-bond donors (Lipinski definition) is 1. The van der Waals surface area contributed by atoms with Crippen molar-refractivity contribution in [3.8, 4) is 0 Å². The van der Waals surface area contributed by atoms with Gasteiger partial charge in [-0.2, -0.15) is 0 Å². The first-order valence-electron chi connectivity index (χ1n) is 7.31. The Morgan fingerprint density at radius 1 is 1.22 bits per heavy atom. The predicted molar refractivity (Wildman–Crippen MR) is 72.6 cm³/mol. The molecule has 100 valence electrons. The van der Waals surface area contributed by atoms with Crippen molar-refractivity contribution in [2.24, 2.45) is 7.05 Å². The van der Waals surface area contributed by atoms with Crippen molar-refractivity contribution in [3.05, 3.63) is 17.2 Å². The molecule has 2 aliphatic heterocycles. The molecule has 0 aromatic carbocycles. The predicted octanol–water partition coefficient (Wildman–Crippen LogP) is 1.09. The van der Waals surface area contributed by atoms with Crippen molar-refractivity contribution < 1.29 is 0 Å². The Morgan fingerprint density at radius 2 is 2.06 bits per heavy atom. The second-order valence-corrected chi connectivity index (χ2v) is 5.56. The lowest BCUT2D eigenvalue weighted by molar-refractivity contribution is 0.229. The van der Waals surface area contributed by atoms with Crippen molar-refractivity contribution in [3.63, 3.8) is 0 Å². The minimum absolute atomic E-state index is 0.951. The van der Waals surface area contributed by atoms with E-state index in [0.717, 1.165) is 25.9 Å². The Bertz CT molecular complexity index is 404. The fourth-order valence-electron chi connectivity index (χ4n) is 3.18. The number of imidazole rings is 1. The largest absolute Gasteiger partial charge is 0.335 e. The lowest BCUT2D eigenvalue weighted by atomic mass is 10.1. The van der Waals surface area contributed by atoms with Crippen molar-refractivity contribution in [1.29, 1.82) is 0 Å². The van der Waals surface area contributed by atoms with E-state index in [1.54, 1.807) is 0 Å². The summed E-state index contributed by atoms with van der Waals surface area (Å²) >= 11 is 0. The smallest absolute Gasteiger partial charge is 0.110 e. The minimum Gasteiger partial charge on any atom is -0.335 e. The van der Waals surface area contributed by atoms with Gasteiger partial charge in [0.25, 0.3) is 0 Å². The van der Waals surface area contributed by atoms with E-state index in [0.29, 0.717) is 0 Å². The molecule has 0 bridgehead atoms. The molecule has 0 aliphatic carbocycles. The number of rotatable bonds is 3. The van der Waals surface area contributed by atoms with E-state index in [1.807, 2.05) is 0 Å². The van der Waals surface area contributed by atoms with Crippen molar-refractivity contribution in [2.75, 3.05) is 26.2 Å². The van der Waals surface area contributed by atoms with Gasteiger partial charge in [-0.1, -0.05) is 6.42 Å². The van der Waals surface area contributed by atoms with Crippen LogP contribution in [0.4, 0.5) is 0 Å². The van der Waals surface area contributed by atoms with Crippen LogP contribution in [0.3, 0.4) is 0 Å². The third kappa shape index (κ3) is 2.45. The van der Waals surface area contributed by atoms with E-state index in [2.05, 4.69) is 21.8 Å². The van der Waals surface area contributed by atoms with Gasteiger partial charge in [0.1, 0.15) is 5.82 Å². The summed E-state index contributed by atoms with van der Waals surface area (Å²) in [6, 6.07) is 0. The highest BCUT2D eigenvalue weighted by atomic mass is 15.1. The van der Waals surface area contributed by atoms with Crippen LogP contribution in [0.2, 0.25) is 0 Å². The Balaban J connectivity index is 1.63. The molecule has 0 saturated carbocycles. The molecule has 1 N–H and O–H groups in total. The lowest BCUT2D eigenvalue weighted by Crippen LogP contribution is -2.32. The third-order valence-electron chi connectivity index (χ3n) is 4.32. The third-order valence-corrected chi connectivity index (χ3v) is 4.32. The molecule has 3 rings (SSSR count). The van der Waals surface area contributed by atoms with E-state index in [-0.39, 0.29) is 0 Å². The van der Waals surface area contributed by atoms with Crippen LogP contribution in [-0.4, -0.2) is 40.6 Å². The van der Waals surface area contributed by atoms with Gasteiger partial charge in [0.15, 0.2) is 0 Å². The van der Waals surface area contributed by atoms with Crippen LogP contribution in [0.5, 0.6) is 0 Å². The first-order valence-corrected chi connectivity index (χ1v) is 7.31. The van der Waals surface area contributed by atoms with E-state index >= 15 is 0 Å². The lowest BCUT2D eigenvalue weighted by Gasteiger charge is -2.26. The van der Waals surface area contributed by atoms with E-state index in [4.69, 9.17) is 4.98 Å². The average Bonchev–Trinajstić information content (AvgIpc) is 2.75. The maximum atomic E-state index is 4.81. The zero-order valence-electron chi connectivity index (χ0n) is 11.4. The maximum Gasteiger partial charge on any atom is 0.110 e. The second kappa shape index (κ2) is 5.41. The Morgan fingerprint density at radius 3 is 2.83 bits per heavy atom. The quantitative estimate of drug-likeness (QED) is 0.869. The summed E-state index contributed by atoms with van der Waals surface area (Å²) in [6.45, 7) is 5.79. The summed E-state index contributed by atoms with van der Waals surface area (Å²) in [4.78, 5) is 7.40. The van der Waals surface area contributed by atoms with Crippen LogP contribution in [0, 0.1) is 0 Å². The van der Waals surface area contributed by atoms with Gasteiger partial charge in [-0.3, -0.25) is 0 Å². The SMILES string of the molecule is Cn1c(CCN2CCCCC2)nc2c1CCNC2. The molecule has 0 amide bonds. The average molecular weight is 248 g/mol. The van der Waals surface area contributed by atoms with Gasteiger partial charge in [-0.05, 0) is 25.9 Å². The molecule has 1 aromatic rings. The van der Waals surface area contributed by atoms with Crippen molar-refractivity contribution in [2.45, 2.75) is 38.6 Å². The van der Waals surface area contributed by atoms with Crippen LogP contribution in [0.25, 0.3) is 0 Å². The van der Waals surface area contributed by atoms with Gasteiger partial charge in [-0.15, -0.1) is 0 Å². The van der Waals surface area contributed by atoms with E-state index in [9.17, 15) is 0 Å². The van der Waals surface area contributed by atoms with Crippen LogP contribution in [-0.2, 0) is 26.4 Å². The molecule has 1 saturated heterocycles. The first kappa shape index (κ1) is 12.2. The van der Waals surface area contributed by atoms with Gasteiger partial charge >= 0.3 is 0 Å². The molecule has 2 aliphatic rings. The van der Waals surface area contributed by atoms with Crippen LogP contribution in [0.1, 0.15) is 36.5 Å². The number of piperidine rings is 1. The Kier molecular flexibility index (Phi) is 3.66. The highest BCUT2D eigenvalue weighted by molar-refractivity contribution is 5.20. The van der Waals surface area contributed by atoms with Crippen molar-refractivity contribution >= 4 is 0 Å². The Hall–Kier alpha value is -0.870. The molecular weight excluding hydrogens is 224 g/mol. The van der Waals surface area contributed by atoms with Crippen LogP contribution >= 0.6 is 0 Å². The molecule has 0 unspecified atom stereocenters. The number of likely N-dealkylation sites (tertiary alicyclic amines) is 1. The van der Waals surface area contributed by atoms with Gasteiger partial charge in [-0.25, -0.2) is 4.98 Å². The highest BCUT2D eigenvalue weighted by Gasteiger charge is 2.18. The van der Waals surface area contributed by atoms with Gasteiger partial charge in [0.05, 0.1) is 5.69 Å². The molecule has 4 nitrogen and oxygen atoms in total.